The first kappa shape index (κ1) is 13.7. The van der Waals surface area contributed by atoms with Crippen molar-refractivity contribution in [1.82, 2.24) is 0 Å². The number of methoxy groups -OCH3 is 1. The van der Waals surface area contributed by atoms with Crippen LogP contribution in [0.1, 0.15) is 29.2 Å². The highest BCUT2D eigenvalue weighted by atomic mass is 16.5. The van der Waals surface area contributed by atoms with E-state index in [9.17, 15) is 4.79 Å². The first-order chi connectivity index (χ1) is 10.2. The molecule has 0 fully saturated rings. The molecule has 0 N–H and O–H groups in total. The molecule has 3 heteroatoms. The Kier molecular flexibility index (Phi) is 3.65. The lowest BCUT2D eigenvalue weighted by atomic mass is 10.0. The van der Waals surface area contributed by atoms with Crippen molar-refractivity contribution < 1.29 is 9.53 Å². The van der Waals surface area contributed by atoms with Gasteiger partial charge in [0.15, 0.2) is 0 Å². The Labute approximate surface area is 125 Å². The smallest absolute Gasteiger partial charge is 0.307 e. The fraction of sp³-hybridized carbons (Fsp3) is 0.278. The molecular weight excluding hydrogens is 262 g/mol. The first-order valence-corrected chi connectivity index (χ1v) is 7.17. The SMILES string of the molecule is COC(=O)CC1c2ccccc2CN1c1ccc(C)cc1. The van der Waals surface area contributed by atoms with E-state index >= 15 is 0 Å². The van der Waals surface area contributed by atoms with Gasteiger partial charge in [-0.15, -0.1) is 0 Å². The highest BCUT2D eigenvalue weighted by Gasteiger charge is 2.31. The number of esters is 1. The number of carbonyl (C=O) groups is 1. The number of rotatable bonds is 3. The average Bonchev–Trinajstić information content (AvgIpc) is 2.87. The van der Waals surface area contributed by atoms with Crippen molar-refractivity contribution in [3.63, 3.8) is 0 Å². The van der Waals surface area contributed by atoms with E-state index in [1.165, 1.54) is 23.8 Å². The minimum atomic E-state index is -0.172. The third-order valence-electron chi connectivity index (χ3n) is 4.08. The zero-order valence-electron chi connectivity index (χ0n) is 12.4. The number of benzene rings is 2. The third kappa shape index (κ3) is 2.64. The van der Waals surface area contributed by atoms with Crippen LogP contribution in [-0.4, -0.2) is 13.1 Å². The van der Waals surface area contributed by atoms with Gasteiger partial charge in [0.1, 0.15) is 0 Å². The van der Waals surface area contributed by atoms with E-state index in [-0.39, 0.29) is 12.0 Å². The van der Waals surface area contributed by atoms with E-state index in [0.717, 1.165) is 12.2 Å². The van der Waals surface area contributed by atoms with Crippen molar-refractivity contribution in [3.8, 4) is 0 Å². The van der Waals surface area contributed by atoms with E-state index in [1.807, 2.05) is 12.1 Å². The number of hydrogen-bond acceptors (Lipinski definition) is 3. The Morgan fingerprint density at radius 2 is 1.90 bits per heavy atom. The lowest BCUT2D eigenvalue weighted by Gasteiger charge is -2.26. The standard InChI is InChI=1S/C18H19NO2/c1-13-7-9-15(10-8-13)19-12-14-5-3-4-6-16(14)17(19)11-18(20)21-2/h3-10,17H,11-12H2,1-2H3. The molecule has 1 aliphatic rings. The molecule has 1 aliphatic heterocycles. The van der Waals surface area contributed by atoms with Gasteiger partial charge in [-0.25, -0.2) is 0 Å². The van der Waals surface area contributed by atoms with Gasteiger partial charge in [0.05, 0.1) is 19.6 Å². The van der Waals surface area contributed by atoms with Crippen molar-refractivity contribution in [2.24, 2.45) is 0 Å². The summed E-state index contributed by atoms with van der Waals surface area (Å²) >= 11 is 0. The second-order valence-corrected chi connectivity index (χ2v) is 5.46. The Hall–Kier alpha value is -2.29. The van der Waals surface area contributed by atoms with Crippen molar-refractivity contribution >= 4 is 11.7 Å². The van der Waals surface area contributed by atoms with E-state index in [4.69, 9.17) is 4.74 Å². The van der Waals surface area contributed by atoms with E-state index < -0.39 is 0 Å². The van der Waals surface area contributed by atoms with Crippen LogP contribution in [0.3, 0.4) is 0 Å². The molecule has 1 heterocycles. The van der Waals surface area contributed by atoms with Crippen molar-refractivity contribution in [2.45, 2.75) is 25.9 Å². The maximum atomic E-state index is 11.8. The van der Waals surface area contributed by atoms with Gasteiger partial charge in [0.2, 0.25) is 0 Å². The van der Waals surface area contributed by atoms with Crippen LogP contribution in [0.4, 0.5) is 5.69 Å². The van der Waals surface area contributed by atoms with Gasteiger partial charge in [0, 0.05) is 12.2 Å². The molecule has 1 unspecified atom stereocenters. The van der Waals surface area contributed by atoms with Gasteiger partial charge >= 0.3 is 5.97 Å². The number of hydrogen-bond donors (Lipinski definition) is 0. The summed E-state index contributed by atoms with van der Waals surface area (Å²) in [5.74, 6) is -0.172. The summed E-state index contributed by atoms with van der Waals surface area (Å²) < 4.78 is 4.86. The van der Waals surface area contributed by atoms with Gasteiger partial charge in [-0.05, 0) is 30.2 Å². The maximum Gasteiger partial charge on any atom is 0.307 e. The monoisotopic (exact) mass is 281 g/mol. The molecule has 0 saturated heterocycles. The molecule has 0 aliphatic carbocycles. The van der Waals surface area contributed by atoms with Crippen LogP contribution in [0.25, 0.3) is 0 Å². The predicted molar refractivity (Wildman–Crippen MR) is 83.2 cm³/mol. The largest absolute Gasteiger partial charge is 0.469 e. The van der Waals surface area contributed by atoms with Crippen LogP contribution in [0, 0.1) is 6.92 Å². The summed E-state index contributed by atoms with van der Waals surface area (Å²) in [4.78, 5) is 14.0. The minimum absolute atomic E-state index is 0.0522. The zero-order chi connectivity index (χ0) is 14.8. The Morgan fingerprint density at radius 3 is 2.62 bits per heavy atom. The highest BCUT2D eigenvalue weighted by molar-refractivity contribution is 5.72. The van der Waals surface area contributed by atoms with E-state index in [2.05, 4.69) is 48.2 Å². The lowest BCUT2D eigenvalue weighted by molar-refractivity contribution is -0.141. The Balaban J connectivity index is 1.96. The fourth-order valence-electron chi connectivity index (χ4n) is 2.93. The van der Waals surface area contributed by atoms with Gasteiger partial charge in [-0.1, -0.05) is 42.0 Å². The summed E-state index contributed by atoms with van der Waals surface area (Å²) in [5.41, 5.74) is 4.89. The van der Waals surface area contributed by atoms with E-state index in [1.54, 1.807) is 0 Å². The van der Waals surface area contributed by atoms with Gasteiger partial charge in [-0.2, -0.15) is 0 Å². The van der Waals surface area contributed by atoms with Crippen LogP contribution in [0.2, 0.25) is 0 Å². The van der Waals surface area contributed by atoms with Crippen molar-refractivity contribution in [2.75, 3.05) is 12.0 Å². The second kappa shape index (κ2) is 5.60. The molecule has 2 aromatic rings. The zero-order valence-corrected chi connectivity index (χ0v) is 12.4. The molecule has 0 bridgehead atoms. The van der Waals surface area contributed by atoms with Crippen molar-refractivity contribution in [3.05, 3.63) is 65.2 Å². The highest BCUT2D eigenvalue weighted by Crippen LogP contribution is 2.39. The summed E-state index contributed by atoms with van der Waals surface area (Å²) in [5, 5.41) is 0. The minimum Gasteiger partial charge on any atom is -0.469 e. The normalized spacial score (nSPS) is 16.7. The number of carbonyl (C=O) groups excluding carboxylic acids is 1. The quantitative estimate of drug-likeness (QED) is 0.805. The maximum absolute atomic E-state index is 11.8. The summed E-state index contributed by atoms with van der Waals surface area (Å²) in [6.45, 7) is 2.91. The summed E-state index contributed by atoms with van der Waals surface area (Å²) in [6.07, 6.45) is 0.376. The predicted octanol–water partition coefficient (Wildman–Crippen LogP) is 3.62. The molecule has 3 rings (SSSR count). The van der Waals surface area contributed by atoms with Gasteiger partial charge in [-0.3, -0.25) is 4.79 Å². The lowest BCUT2D eigenvalue weighted by Crippen LogP contribution is -2.24. The molecule has 0 radical (unpaired) electrons. The average molecular weight is 281 g/mol. The molecule has 0 saturated carbocycles. The molecule has 1 atom stereocenters. The van der Waals surface area contributed by atoms with Crippen LogP contribution in [0.15, 0.2) is 48.5 Å². The number of ether oxygens (including phenoxy) is 1. The molecular formula is C18H19NO2. The van der Waals surface area contributed by atoms with Gasteiger partial charge in [0.25, 0.3) is 0 Å². The second-order valence-electron chi connectivity index (χ2n) is 5.46. The molecule has 108 valence electrons. The number of aryl methyl sites for hydroxylation is 1. The molecule has 21 heavy (non-hydrogen) atoms. The molecule has 2 aromatic carbocycles. The number of fused-ring (bicyclic) bond motifs is 1. The van der Waals surface area contributed by atoms with E-state index in [0.29, 0.717) is 6.42 Å². The molecule has 0 spiro atoms. The fourth-order valence-corrected chi connectivity index (χ4v) is 2.93. The molecule has 0 amide bonds. The molecule has 0 aromatic heterocycles. The van der Waals surface area contributed by atoms with Crippen LogP contribution in [0.5, 0.6) is 0 Å². The number of anilines is 1. The van der Waals surface area contributed by atoms with Crippen molar-refractivity contribution in [1.29, 1.82) is 0 Å². The molecule has 3 nitrogen and oxygen atoms in total. The topological polar surface area (TPSA) is 29.5 Å². The first-order valence-electron chi connectivity index (χ1n) is 7.17. The van der Waals surface area contributed by atoms with Crippen LogP contribution in [-0.2, 0) is 16.1 Å². The van der Waals surface area contributed by atoms with Gasteiger partial charge < -0.3 is 9.64 Å². The van der Waals surface area contributed by atoms with Crippen LogP contribution < -0.4 is 4.90 Å². The number of nitrogens with zero attached hydrogens (tertiary/aromatic N) is 1. The Morgan fingerprint density at radius 1 is 1.19 bits per heavy atom. The Bertz CT molecular complexity index is 649. The summed E-state index contributed by atoms with van der Waals surface area (Å²) in [6, 6.07) is 16.8. The third-order valence-corrected chi connectivity index (χ3v) is 4.08. The summed E-state index contributed by atoms with van der Waals surface area (Å²) in [7, 11) is 1.44. The van der Waals surface area contributed by atoms with Crippen LogP contribution >= 0.6 is 0 Å².